The fraction of sp³-hybridized carbons (Fsp3) is 0.923. The van der Waals surface area contributed by atoms with E-state index in [9.17, 15) is 13.2 Å². The lowest BCUT2D eigenvalue weighted by Gasteiger charge is -2.37. The summed E-state index contributed by atoms with van der Waals surface area (Å²) in [5.74, 6) is 0.829. The van der Waals surface area contributed by atoms with Crippen LogP contribution in [-0.4, -0.2) is 50.5 Å². The predicted octanol–water partition coefficient (Wildman–Crippen LogP) is 1.40. The number of nitrogens with zero attached hydrogens (tertiary/aromatic N) is 1. The molecule has 0 bridgehead atoms. The molecule has 1 saturated heterocycles. The molecule has 0 aromatic heterocycles. The Labute approximate surface area is 115 Å². The average molecular weight is 288 g/mol. The number of nitrogens with one attached hydrogen (secondary N) is 1. The Morgan fingerprint density at radius 2 is 2.00 bits per heavy atom. The number of hydrogen-bond acceptors (Lipinski definition) is 3. The van der Waals surface area contributed by atoms with E-state index >= 15 is 0 Å². The number of amides is 2. The molecule has 1 N–H and O–H groups in total. The third kappa shape index (κ3) is 4.09. The maximum Gasteiger partial charge on any atom is 0.317 e. The SMILES string of the molecule is CS(=O)(=O)CCCNC(=O)N1CCC[C@H]2CCC[C@H]21. The van der Waals surface area contributed by atoms with Gasteiger partial charge in [0.1, 0.15) is 9.84 Å². The second-order valence-corrected chi connectivity index (χ2v) is 8.07. The van der Waals surface area contributed by atoms with E-state index < -0.39 is 9.84 Å². The van der Waals surface area contributed by atoms with Gasteiger partial charge in [0.25, 0.3) is 0 Å². The van der Waals surface area contributed by atoms with Gasteiger partial charge < -0.3 is 10.2 Å². The normalized spacial score (nSPS) is 27.1. The zero-order valence-corrected chi connectivity index (χ0v) is 12.4. The highest BCUT2D eigenvalue weighted by Crippen LogP contribution is 2.36. The molecular weight excluding hydrogens is 264 g/mol. The van der Waals surface area contributed by atoms with Gasteiger partial charge in [-0.25, -0.2) is 13.2 Å². The third-order valence-corrected chi connectivity index (χ3v) is 5.25. The summed E-state index contributed by atoms with van der Waals surface area (Å²) in [6.45, 7) is 1.29. The minimum absolute atomic E-state index is 0.00917. The molecule has 1 saturated carbocycles. The molecule has 0 aromatic rings. The highest BCUT2D eigenvalue weighted by molar-refractivity contribution is 7.90. The molecule has 1 aliphatic heterocycles. The van der Waals surface area contributed by atoms with Gasteiger partial charge in [-0.1, -0.05) is 6.42 Å². The minimum atomic E-state index is -2.93. The van der Waals surface area contributed by atoms with Crippen LogP contribution in [0.1, 0.15) is 38.5 Å². The van der Waals surface area contributed by atoms with E-state index in [0.717, 1.165) is 19.4 Å². The summed E-state index contributed by atoms with van der Waals surface area (Å²) < 4.78 is 22.0. The van der Waals surface area contributed by atoms with Crippen molar-refractivity contribution in [3.8, 4) is 0 Å². The van der Waals surface area contributed by atoms with Crippen molar-refractivity contribution < 1.29 is 13.2 Å². The number of sulfone groups is 1. The molecule has 1 aliphatic carbocycles. The van der Waals surface area contributed by atoms with Crippen molar-refractivity contribution in [1.82, 2.24) is 10.2 Å². The molecule has 2 rings (SSSR count). The van der Waals surface area contributed by atoms with Gasteiger partial charge in [0.2, 0.25) is 0 Å². The molecule has 0 radical (unpaired) electrons. The Morgan fingerprint density at radius 1 is 1.26 bits per heavy atom. The van der Waals surface area contributed by atoms with E-state index in [1.807, 2.05) is 4.90 Å². The van der Waals surface area contributed by atoms with Crippen LogP contribution >= 0.6 is 0 Å². The van der Waals surface area contributed by atoms with Gasteiger partial charge in [0.15, 0.2) is 0 Å². The first-order valence-electron chi connectivity index (χ1n) is 7.19. The van der Waals surface area contributed by atoms with Gasteiger partial charge in [-0.15, -0.1) is 0 Å². The van der Waals surface area contributed by atoms with Crippen LogP contribution in [0.2, 0.25) is 0 Å². The standard InChI is InChI=1S/C13H24N2O3S/c1-19(17,18)10-4-8-14-13(16)15-9-3-6-11-5-2-7-12(11)15/h11-12H,2-10H2,1H3,(H,14,16)/t11-,12-/m1/s1. The van der Waals surface area contributed by atoms with Gasteiger partial charge >= 0.3 is 6.03 Å². The van der Waals surface area contributed by atoms with Crippen LogP contribution in [0.15, 0.2) is 0 Å². The topological polar surface area (TPSA) is 66.5 Å². The van der Waals surface area contributed by atoms with Crippen molar-refractivity contribution in [2.75, 3.05) is 25.1 Å². The molecule has 2 aliphatic rings. The van der Waals surface area contributed by atoms with Crippen molar-refractivity contribution in [2.24, 2.45) is 5.92 Å². The Kier molecular flexibility index (Phi) is 4.71. The lowest BCUT2D eigenvalue weighted by molar-refractivity contribution is 0.128. The number of rotatable bonds is 4. The van der Waals surface area contributed by atoms with Gasteiger partial charge in [0.05, 0.1) is 5.75 Å². The van der Waals surface area contributed by atoms with Crippen LogP contribution < -0.4 is 5.32 Å². The van der Waals surface area contributed by atoms with Gasteiger partial charge in [-0.2, -0.15) is 0 Å². The average Bonchev–Trinajstić information content (AvgIpc) is 2.81. The smallest absolute Gasteiger partial charge is 0.317 e. The van der Waals surface area contributed by atoms with Gasteiger partial charge in [-0.3, -0.25) is 0 Å². The summed E-state index contributed by atoms with van der Waals surface area (Å²) in [7, 11) is -2.93. The minimum Gasteiger partial charge on any atom is -0.338 e. The van der Waals surface area contributed by atoms with Crippen molar-refractivity contribution in [1.29, 1.82) is 0 Å². The quantitative estimate of drug-likeness (QED) is 0.795. The van der Waals surface area contributed by atoms with E-state index in [2.05, 4.69) is 5.32 Å². The van der Waals surface area contributed by atoms with Crippen molar-refractivity contribution in [3.63, 3.8) is 0 Å². The first kappa shape index (κ1) is 14.6. The molecule has 5 nitrogen and oxygen atoms in total. The first-order chi connectivity index (χ1) is 8.97. The van der Waals surface area contributed by atoms with Gasteiger partial charge in [0, 0.05) is 25.4 Å². The second kappa shape index (κ2) is 6.11. The van der Waals surface area contributed by atoms with Crippen molar-refractivity contribution in [2.45, 2.75) is 44.6 Å². The van der Waals surface area contributed by atoms with Crippen LogP contribution in [0.3, 0.4) is 0 Å². The highest BCUT2D eigenvalue weighted by atomic mass is 32.2. The molecule has 0 unspecified atom stereocenters. The van der Waals surface area contributed by atoms with Crippen molar-refractivity contribution in [3.05, 3.63) is 0 Å². The molecule has 2 fully saturated rings. The Bertz CT molecular complexity index is 422. The van der Waals surface area contributed by atoms with E-state index in [4.69, 9.17) is 0 Å². The molecule has 2 amide bonds. The number of hydrogen-bond donors (Lipinski definition) is 1. The molecule has 0 spiro atoms. The molecular formula is C13H24N2O3S. The maximum atomic E-state index is 12.1. The molecule has 19 heavy (non-hydrogen) atoms. The summed E-state index contributed by atoms with van der Waals surface area (Å²) in [6.07, 6.45) is 7.67. The molecule has 1 heterocycles. The number of piperidine rings is 1. The van der Waals surface area contributed by atoms with Crippen LogP contribution in [0.25, 0.3) is 0 Å². The predicted molar refractivity (Wildman–Crippen MR) is 74.8 cm³/mol. The van der Waals surface area contributed by atoms with E-state index in [0.29, 0.717) is 24.9 Å². The fourth-order valence-electron chi connectivity index (χ4n) is 3.34. The number of urea groups is 1. The molecule has 6 heteroatoms. The van der Waals surface area contributed by atoms with Crippen LogP contribution in [-0.2, 0) is 9.84 Å². The number of fused-ring (bicyclic) bond motifs is 1. The summed E-state index contributed by atoms with van der Waals surface area (Å²) in [4.78, 5) is 14.1. The van der Waals surface area contributed by atoms with Gasteiger partial charge in [-0.05, 0) is 38.0 Å². The largest absolute Gasteiger partial charge is 0.338 e. The molecule has 0 aromatic carbocycles. The summed E-state index contributed by atoms with van der Waals surface area (Å²) in [5.41, 5.74) is 0. The summed E-state index contributed by atoms with van der Waals surface area (Å²) in [6, 6.07) is 0.411. The fourth-order valence-corrected chi connectivity index (χ4v) is 4.01. The zero-order chi connectivity index (χ0) is 13.9. The maximum absolute atomic E-state index is 12.1. The Hall–Kier alpha value is -0.780. The zero-order valence-electron chi connectivity index (χ0n) is 11.6. The van der Waals surface area contributed by atoms with E-state index in [1.54, 1.807) is 0 Å². The van der Waals surface area contributed by atoms with Crippen LogP contribution in [0.4, 0.5) is 4.79 Å². The van der Waals surface area contributed by atoms with Crippen LogP contribution in [0.5, 0.6) is 0 Å². The summed E-state index contributed by atoms with van der Waals surface area (Å²) >= 11 is 0. The van der Waals surface area contributed by atoms with Crippen molar-refractivity contribution >= 4 is 15.9 Å². The second-order valence-electron chi connectivity index (χ2n) is 5.81. The highest BCUT2D eigenvalue weighted by Gasteiger charge is 2.37. The van der Waals surface area contributed by atoms with Crippen LogP contribution in [0, 0.1) is 5.92 Å². The number of carbonyl (C=O) groups excluding carboxylic acids is 1. The Morgan fingerprint density at radius 3 is 2.74 bits per heavy atom. The third-order valence-electron chi connectivity index (χ3n) is 4.22. The number of likely N-dealkylation sites (tertiary alicyclic amines) is 1. The first-order valence-corrected chi connectivity index (χ1v) is 9.25. The lowest BCUT2D eigenvalue weighted by Crippen LogP contribution is -2.50. The van der Waals surface area contributed by atoms with E-state index in [1.165, 1.54) is 25.5 Å². The molecule has 110 valence electrons. The Balaban J connectivity index is 1.76. The summed E-state index contributed by atoms with van der Waals surface area (Å²) in [5, 5.41) is 2.86. The monoisotopic (exact) mass is 288 g/mol. The number of carbonyl (C=O) groups is 1. The lowest BCUT2D eigenvalue weighted by atomic mass is 9.92. The van der Waals surface area contributed by atoms with E-state index in [-0.39, 0.29) is 11.8 Å². The molecule has 2 atom stereocenters.